The average Bonchev–Trinajstić information content (AvgIpc) is 2.61. The van der Waals surface area contributed by atoms with Crippen molar-refractivity contribution in [3.63, 3.8) is 0 Å². The number of carbonyl (C=O) groups excluding carboxylic acids is 1. The van der Waals surface area contributed by atoms with Gasteiger partial charge in [-0.2, -0.15) is 0 Å². The summed E-state index contributed by atoms with van der Waals surface area (Å²) in [5.74, 6) is 0.814. The molecular formula is C20H26N2O3. The summed E-state index contributed by atoms with van der Waals surface area (Å²) >= 11 is 0. The highest BCUT2D eigenvalue weighted by molar-refractivity contribution is 5.90. The number of anilines is 1. The first-order valence-corrected chi connectivity index (χ1v) is 8.53. The van der Waals surface area contributed by atoms with Gasteiger partial charge < -0.3 is 20.5 Å². The van der Waals surface area contributed by atoms with Gasteiger partial charge in [-0.1, -0.05) is 30.3 Å². The zero-order valence-electron chi connectivity index (χ0n) is 14.6. The van der Waals surface area contributed by atoms with E-state index in [-0.39, 0.29) is 11.9 Å². The Morgan fingerprint density at radius 1 is 1.12 bits per heavy atom. The molecule has 3 N–H and O–H groups in total. The zero-order chi connectivity index (χ0) is 17.9. The first-order valence-electron chi connectivity index (χ1n) is 8.53. The Kier molecular flexibility index (Phi) is 7.95. The van der Waals surface area contributed by atoms with Gasteiger partial charge in [0.15, 0.2) is 0 Å². The van der Waals surface area contributed by atoms with Crippen molar-refractivity contribution >= 4 is 11.6 Å². The summed E-state index contributed by atoms with van der Waals surface area (Å²) in [7, 11) is 0. The third-order valence-corrected chi connectivity index (χ3v) is 3.55. The maximum Gasteiger partial charge on any atom is 0.224 e. The van der Waals surface area contributed by atoms with E-state index in [4.69, 9.17) is 15.2 Å². The molecule has 2 aromatic carbocycles. The summed E-state index contributed by atoms with van der Waals surface area (Å²) in [6.07, 6.45) is 1.10. The Balaban J connectivity index is 1.69. The van der Waals surface area contributed by atoms with Gasteiger partial charge in [-0.25, -0.2) is 0 Å². The molecule has 0 saturated carbocycles. The predicted octanol–water partition coefficient (Wildman–Crippen LogP) is 3.35. The Hall–Kier alpha value is -2.37. The van der Waals surface area contributed by atoms with Gasteiger partial charge in [0.2, 0.25) is 5.91 Å². The Bertz CT molecular complexity index is 644. The summed E-state index contributed by atoms with van der Waals surface area (Å²) < 4.78 is 11.2. The summed E-state index contributed by atoms with van der Waals surface area (Å²) in [5.41, 5.74) is 7.45. The smallest absolute Gasteiger partial charge is 0.224 e. The zero-order valence-corrected chi connectivity index (χ0v) is 14.6. The molecule has 0 bridgehead atoms. The average molecular weight is 342 g/mol. The number of benzene rings is 2. The van der Waals surface area contributed by atoms with Crippen LogP contribution in [-0.4, -0.2) is 25.2 Å². The minimum absolute atomic E-state index is 0.0216. The molecule has 0 aliphatic heterocycles. The second-order valence-corrected chi connectivity index (χ2v) is 5.98. The molecule has 0 spiro atoms. The van der Waals surface area contributed by atoms with Crippen molar-refractivity contribution in [1.29, 1.82) is 0 Å². The number of nitrogens with two attached hydrogens (primary N) is 1. The Labute approximate surface area is 149 Å². The van der Waals surface area contributed by atoms with E-state index in [1.165, 1.54) is 0 Å². The first kappa shape index (κ1) is 19.0. The molecular weight excluding hydrogens is 316 g/mol. The molecule has 0 saturated heterocycles. The predicted molar refractivity (Wildman–Crippen MR) is 99.5 cm³/mol. The van der Waals surface area contributed by atoms with Gasteiger partial charge >= 0.3 is 0 Å². The highest BCUT2D eigenvalue weighted by Gasteiger charge is 2.05. The molecule has 5 nitrogen and oxygen atoms in total. The maximum absolute atomic E-state index is 11.8. The lowest BCUT2D eigenvalue weighted by molar-refractivity contribution is -0.116. The van der Waals surface area contributed by atoms with Crippen LogP contribution in [0.1, 0.15) is 25.3 Å². The van der Waals surface area contributed by atoms with Crippen LogP contribution in [0.4, 0.5) is 5.69 Å². The quantitative estimate of drug-likeness (QED) is 0.650. The normalized spacial score (nSPS) is 11.8. The van der Waals surface area contributed by atoms with E-state index in [1.807, 2.05) is 61.5 Å². The van der Waals surface area contributed by atoms with Gasteiger partial charge in [0.25, 0.3) is 0 Å². The topological polar surface area (TPSA) is 73.6 Å². The van der Waals surface area contributed by atoms with Crippen LogP contribution in [0.15, 0.2) is 54.6 Å². The van der Waals surface area contributed by atoms with Crippen molar-refractivity contribution in [2.45, 2.75) is 32.4 Å². The van der Waals surface area contributed by atoms with E-state index in [1.54, 1.807) is 0 Å². The van der Waals surface area contributed by atoms with Crippen molar-refractivity contribution in [2.75, 3.05) is 18.5 Å². The molecule has 0 aliphatic carbocycles. The van der Waals surface area contributed by atoms with Gasteiger partial charge in [0.05, 0.1) is 13.2 Å². The Morgan fingerprint density at radius 3 is 2.68 bits per heavy atom. The first-order chi connectivity index (χ1) is 12.1. The van der Waals surface area contributed by atoms with E-state index in [9.17, 15) is 4.79 Å². The standard InChI is InChI=1S/C20H26N2O3/c1-16(21)10-11-20(23)22-18-7-5-6-17(14-18)15-24-12-13-25-19-8-3-2-4-9-19/h2-9,14,16H,10-13,15,21H2,1H3,(H,22,23). The van der Waals surface area contributed by atoms with Gasteiger partial charge in [0.1, 0.15) is 12.4 Å². The second kappa shape index (κ2) is 10.5. The number of hydrogen-bond donors (Lipinski definition) is 2. The van der Waals surface area contributed by atoms with E-state index >= 15 is 0 Å². The van der Waals surface area contributed by atoms with Crippen LogP contribution in [0.2, 0.25) is 0 Å². The van der Waals surface area contributed by atoms with Crippen molar-refractivity contribution in [3.8, 4) is 5.75 Å². The highest BCUT2D eigenvalue weighted by atomic mass is 16.5. The molecule has 2 rings (SSSR count). The molecule has 0 aliphatic rings. The van der Waals surface area contributed by atoms with Gasteiger partial charge in [-0.15, -0.1) is 0 Å². The summed E-state index contributed by atoms with van der Waals surface area (Å²) in [4.78, 5) is 11.8. The van der Waals surface area contributed by atoms with E-state index in [0.29, 0.717) is 32.7 Å². The minimum atomic E-state index is -0.0216. The molecule has 0 heterocycles. The fraction of sp³-hybridized carbons (Fsp3) is 0.350. The monoisotopic (exact) mass is 342 g/mol. The third kappa shape index (κ3) is 7.83. The molecule has 0 radical (unpaired) electrons. The summed E-state index contributed by atoms with van der Waals surface area (Å²) in [6.45, 7) is 3.37. The molecule has 1 unspecified atom stereocenters. The number of rotatable bonds is 10. The van der Waals surface area contributed by atoms with Crippen LogP contribution in [0.5, 0.6) is 5.75 Å². The number of ether oxygens (including phenoxy) is 2. The van der Waals surface area contributed by atoms with E-state index < -0.39 is 0 Å². The van der Waals surface area contributed by atoms with Crippen LogP contribution in [-0.2, 0) is 16.1 Å². The molecule has 0 aromatic heterocycles. The van der Waals surface area contributed by atoms with Crippen molar-refractivity contribution in [2.24, 2.45) is 5.73 Å². The lowest BCUT2D eigenvalue weighted by Crippen LogP contribution is -2.19. The summed E-state index contributed by atoms with van der Waals surface area (Å²) in [5, 5.41) is 2.89. The van der Waals surface area contributed by atoms with Crippen molar-refractivity contribution in [1.82, 2.24) is 0 Å². The molecule has 1 atom stereocenters. The summed E-state index contributed by atoms with van der Waals surface area (Å²) in [6, 6.07) is 17.3. The largest absolute Gasteiger partial charge is 0.491 e. The maximum atomic E-state index is 11.8. The fourth-order valence-electron chi connectivity index (χ4n) is 2.25. The van der Waals surface area contributed by atoms with Crippen LogP contribution in [0, 0.1) is 0 Å². The minimum Gasteiger partial charge on any atom is -0.491 e. The number of amides is 1. The van der Waals surface area contributed by atoms with E-state index in [0.717, 1.165) is 17.0 Å². The number of hydrogen-bond acceptors (Lipinski definition) is 4. The molecule has 1 amide bonds. The SMILES string of the molecule is CC(N)CCC(=O)Nc1cccc(COCCOc2ccccc2)c1. The molecule has 25 heavy (non-hydrogen) atoms. The number of nitrogens with one attached hydrogen (secondary N) is 1. The van der Waals surface area contributed by atoms with Crippen LogP contribution in [0.25, 0.3) is 0 Å². The van der Waals surface area contributed by atoms with Crippen LogP contribution < -0.4 is 15.8 Å². The second-order valence-electron chi connectivity index (χ2n) is 5.98. The molecule has 2 aromatic rings. The van der Waals surface area contributed by atoms with Gasteiger partial charge in [-0.3, -0.25) is 4.79 Å². The van der Waals surface area contributed by atoms with Gasteiger partial charge in [-0.05, 0) is 43.2 Å². The molecule has 5 heteroatoms. The molecule has 0 fully saturated rings. The van der Waals surface area contributed by atoms with Gasteiger partial charge in [0, 0.05) is 18.2 Å². The fourth-order valence-corrected chi connectivity index (χ4v) is 2.25. The van der Waals surface area contributed by atoms with Crippen molar-refractivity contribution in [3.05, 3.63) is 60.2 Å². The third-order valence-electron chi connectivity index (χ3n) is 3.55. The number of para-hydroxylation sites is 1. The van der Waals surface area contributed by atoms with E-state index in [2.05, 4.69) is 5.32 Å². The van der Waals surface area contributed by atoms with Crippen LogP contribution >= 0.6 is 0 Å². The van der Waals surface area contributed by atoms with Crippen molar-refractivity contribution < 1.29 is 14.3 Å². The molecule has 134 valence electrons. The Morgan fingerprint density at radius 2 is 1.92 bits per heavy atom. The number of carbonyl (C=O) groups is 1. The lowest BCUT2D eigenvalue weighted by atomic mass is 10.1. The lowest BCUT2D eigenvalue weighted by Gasteiger charge is -2.10. The van der Waals surface area contributed by atoms with Crippen LogP contribution in [0.3, 0.4) is 0 Å². The highest BCUT2D eigenvalue weighted by Crippen LogP contribution is 2.13.